The van der Waals surface area contributed by atoms with Gasteiger partial charge in [-0.3, -0.25) is 4.98 Å². The summed E-state index contributed by atoms with van der Waals surface area (Å²) >= 11 is 0. The second kappa shape index (κ2) is 6.25. The number of hydrogen-bond donors (Lipinski definition) is 0. The van der Waals surface area contributed by atoms with Crippen LogP contribution in [-0.4, -0.2) is 30.2 Å². The van der Waals surface area contributed by atoms with Crippen LogP contribution in [0.15, 0.2) is 30.5 Å². The summed E-state index contributed by atoms with van der Waals surface area (Å²) in [4.78, 5) is 4.65. The van der Waals surface area contributed by atoms with Gasteiger partial charge >= 0.3 is 8.56 Å². The smallest absolute Gasteiger partial charge is 0.350 e. The molecule has 0 bridgehead atoms. The van der Waals surface area contributed by atoms with Crippen LogP contribution in [0.5, 0.6) is 0 Å². The summed E-state index contributed by atoms with van der Waals surface area (Å²) in [7, 11) is -5.91. The van der Waals surface area contributed by atoms with Crippen molar-refractivity contribution < 1.29 is 8.23 Å². The number of benzene rings is 1. The van der Waals surface area contributed by atoms with Crippen molar-refractivity contribution in [3.8, 4) is 0 Å². The van der Waals surface area contributed by atoms with Crippen molar-refractivity contribution in [2.75, 3.05) is 0 Å². The molecular formula is C17H29NO2Si3. The molecule has 0 atom stereocenters. The number of fused-ring (bicyclic) bond motifs is 1. The maximum atomic E-state index is 6.62. The Morgan fingerprint density at radius 2 is 1.39 bits per heavy atom. The van der Waals surface area contributed by atoms with E-state index in [-0.39, 0.29) is 0 Å². The van der Waals surface area contributed by atoms with Crippen molar-refractivity contribution in [3.05, 3.63) is 36.0 Å². The molecule has 0 unspecified atom stereocenters. The molecule has 1 aromatic heterocycles. The quantitative estimate of drug-likeness (QED) is 0.732. The van der Waals surface area contributed by atoms with Gasteiger partial charge in [-0.2, -0.15) is 0 Å². The predicted octanol–water partition coefficient (Wildman–Crippen LogP) is 4.53. The summed E-state index contributed by atoms with van der Waals surface area (Å²) in [5.41, 5.74) is 2.27. The molecule has 0 N–H and O–H groups in total. The van der Waals surface area contributed by atoms with E-state index in [1.54, 1.807) is 0 Å². The van der Waals surface area contributed by atoms with Gasteiger partial charge in [0.15, 0.2) is 16.6 Å². The zero-order valence-corrected chi connectivity index (χ0v) is 18.7. The molecule has 0 spiro atoms. The Balaban J connectivity index is 2.53. The van der Waals surface area contributed by atoms with Gasteiger partial charge in [0.05, 0.1) is 5.52 Å². The van der Waals surface area contributed by atoms with Gasteiger partial charge in [0.1, 0.15) is 0 Å². The fourth-order valence-corrected chi connectivity index (χ4v) is 14.4. The third-order valence-corrected chi connectivity index (χ3v) is 12.7. The summed E-state index contributed by atoms with van der Waals surface area (Å²) in [6.07, 6.45) is 1.96. The zero-order chi connectivity index (χ0) is 17.5. The molecule has 0 aliphatic rings. The van der Waals surface area contributed by atoms with E-state index in [0.717, 1.165) is 10.7 Å². The third-order valence-electron chi connectivity index (χ3n) is 3.36. The number of aryl methyl sites for hydroxylation is 1. The van der Waals surface area contributed by atoms with Crippen LogP contribution in [0.2, 0.25) is 45.8 Å². The highest BCUT2D eigenvalue weighted by Gasteiger charge is 2.42. The molecule has 0 aliphatic carbocycles. The van der Waals surface area contributed by atoms with Crippen LogP contribution in [0, 0.1) is 6.92 Å². The van der Waals surface area contributed by atoms with Crippen LogP contribution >= 0.6 is 0 Å². The predicted molar refractivity (Wildman–Crippen MR) is 107 cm³/mol. The van der Waals surface area contributed by atoms with Crippen LogP contribution in [0.4, 0.5) is 0 Å². The summed E-state index contributed by atoms with van der Waals surface area (Å²) in [5.74, 6) is 0. The van der Waals surface area contributed by atoms with Gasteiger partial charge in [0.2, 0.25) is 0 Å². The van der Waals surface area contributed by atoms with Gasteiger partial charge in [-0.05, 0) is 71.0 Å². The molecular weight excluding hydrogens is 334 g/mol. The van der Waals surface area contributed by atoms with Crippen molar-refractivity contribution in [3.63, 3.8) is 0 Å². The second-order valence-electron chi connectivity index (χ2n) is 8.29. The molecule has 1 aromatic carbocycles. The normalized spacial score (nSPS) is 13.6. The molecule has 0 saturated heterocycles. The van der Waals surface area contributed by atoms with Crippen LogP contribution in [0.1, 0.15) is 5.56 Å². The summed E-state index contributed by atoms with van der Waals surface area (Å²) < 4.78 is 13.2. The lowest BCUT2D eigenvalue weighted by atomic mass is 10.1. The summed E-state index contributed by atoms with van der Waals surface area (Å²) in [6.45, 7) is 17.7. The molecule has 126 valence electrons. The molecule has 2 rings (SSSR count). The minimum absolute atomic E-state index is 1.02. The lowest BCUT2D eigenvalue weighted by Gasteiger charge is -2.38. The highest BCUT2D eigenvalue weighted by molar-refractivity contribution is 6.94. The first-order valence-corrected chi connectivity index (χ1v) is 17.3. The van der Waals surface area contributed by atoms with Crippen molar-refractivity contribution in [1.29, 1.82) is 0 Å². The first-order chi connectivity index (χ1) is 10.4. The molecule has 0 radical (unpaired) electrons. The van der Waals surface area contributed by atoms with Crippen molar-refractivity contribution in [2.24, 2.45) is 0 Å². The standard InChI is InChI=1S/C17H29NO2Si3/c1-14-9-10-17-15(11-14)12-16(13-18-17)23(8,19-21(2,3)4)20-22(5,6)7/h9-13H,1-8H3. The van der Waals surface area contributed by atoms with Crippen molar-refractivity contribution in [2.45, 2.75) is 52.8 Å². The van der Waals surface area contributed by atoms with Crippen molar-refractivity contribution >= 4 is 41.3 Å². The van der Waals surface area contributed by atoms with E-state index in [2.05, 4.69) is 82.0 Å². The monoisotopic (exact) mass is 363 g/mol. The van der Waals surface area contributed by atoms with E-state index in [0.29, 0.717) is 0 Å². The zero-order valence-electron chi connectivity index (χ0n) is 15.7. The Labute approximate surface area is 143 Å². The molecule has 23 heavy (non-hydrogen) atoms. The first kappa shape index (κ1) is 18.5. The van der Waals surface area contributed by atoms with Gasteiger partial charge in [0, 0.05) is 16.8 Å². The molecule has 0 saturated carbocycles. The Hall–Kier alpha value is -0.799. The molecule has 0 fully saturated rings. The maximum Gasteiger partial charge on any atom is 0.350 e. The van der Waals surface area contributed by atoms with E-state index < -0.39 is 25.2 Å². The van der Waals surface area contributed by atoms with Gasteiger partial charge in [0.25, 0.3) is 0 Å². The van der Waals surface area contributed by atoms with Crippen LogP contribution in [-0.2, 0) is 8.23 Å². The molecule has 3 nitrogen and oxygen atoms in total. The number of hydrogen-bond acceptors (Lipinski definition) is 3. The number of rotatable bonds is 5. The number of nitrogens with zero attached hydrogens (tertiary/aromatic N) is 1. The molecule has 1 heterocycles. The topological polar surface area (TPSA) is 31.4 Å². The Morgan fingerprint density at radius 3 is 1.91 bits per heavy atom. The van der Waals surface area contributed by atoms with E-state index >= 15 is 0 Å². The molecule has 6 heteroatoms. The Kier molecular flexibility index (Phi) is 5.04. The number of aromatic nitrogens is 1. The third kappa shape index (κ3) is 5.09. The van der Waals surface area contributed by atoms with Gasteiger partial charge in [-0.15, -0.1) is 0 Å². The minimum atomic E-state index is -2.47. The molecule has 0 amide bonds. The van der Waals surface area contributed by atoms with E-state index in [9.17, 15) is 0 Å². The lowest BCUT2D eigenvalue weighted by Crippen LogP contribution is -2.60. The number of pyridine rings is 1. The Morgan fingerprint density at radius 1 is 0.826 bits per heavy atom. The van der Waals surface area contributed by atoms with E-state index in [1.807, 2.05) is 6.20 Å². The van der Waals surface area contributed by atoms with Crippen LogP contribution < -0.4 is 5.19 Å². The largest absolute Gasteiger partial charge is 0.433 e. The van der Waals surface area contributed by atoms with Crippen molar-refractivity contribution in [1.82, 2.24) is 4.98 Å². The highest BCUT2D eigenvalue weighted by Crippen LogP contribution is 2.22. The fourth-order valence-electron chi connectivity index (χ4n) is 2.81. The molecule has 0 aliphatic heterocycles. The van der Waals surface area contributed by atoms with Crippen LogP contribution in [0.3, 0.4) is 0 Å². The minimum Gasteiger partial charge on any atom is -0.433 e. The first-order valence-electron chi connectivity index (χ1n) is 8.15. The maximum absolute atomic E-state index is 6.62. The fraction of sp³-hybridized carbons (Fsp3) is 0.471. The SMILES string of the molecule is Cc1ccc2ncc([Si](C)(O[Si](C)(C)C)O[Si](C)(C)C)cc2c1. The lowest BCUT2D eigenvalue weighted by molar-refractivity contribution is 0.404. The average molecular weight is 364 g/mol. The summed E-state index contributed by atoms with van der Waals surface area (Å²) in [6, 6.07) is 8.58. The highest BCUT2D eigenvalue weighted by atomic mass is 28.5. The second-order valence-corrected chi connectivity index (χ2v) is 20.8. The Bertz CT molecular complexity index is 689. The van der Waals surface area contributed by atoms with Gasteiger partial charge < -0.3 is 8.23 Å². The van der Waals surface area contributed by atoms with Gasteiger partial charge in [-0.25, -0.2) is 0 Å². The molecule has 2 aromatic rings. The van der Waals surface area contributed by atoms with Crippen LogP contribution in [0.25, 0.3) is 10.9 Å². The van der Waals surface area contributed by atoms with E-state index in [4.69, 9.17) is 8.23 Å². The van der Waals surface area contributed by atoms with Gasteiger partial charge in [-0.1, -0.05) is 11.6 Å². The average Bonchev–Trinajstić information content (AvgIpc) is 2.33. The summed E-state index contributed by atoms with van der Waals surface area (Å²) in [5, 5.41) is 2.31. The van der Waals surface area contributed by atoms with E-state index in [1.165, 1.54) is 10.9 Å².